The van der Waals surface area contributed by atoms with Crippen molar-refractivity contribution in [3.8, 4) is 0 Å². The average molecular weight is 330 g/mol. The van der Waals surface area contributed by atoms with Gasteiger partial charge in [0.2, 0.25) is 0 Å². The lowest BCUT2D eigenvalue weighted by molar-refractivity contribution is -0.138. The molecular weight excluding hydrogens is 314 g/mol. The maximum absolute atomic E-state index is 12.5. The van der Waals surface area contributed by atoms with Gasteiger partial charge in [-0.2, -0.15) is 0 Å². The van der Waals surface area contributed by atoms with Gasteiger partial charge in [-0.3, -0.25) is 9.59 Å². The smallest absolute Gasteiger partial charge is 0.310 e. The molecule has 1 unspecified atom stereocenters. The van der Waals surface area contributed by atoms with E-state index in [-0.39, 0.29) is 5.91 Å². The van der Waals surface area contributed by atoms with Crippen molar-refractivity contribution in [1.29, 1.82) is 0 Å². The van der Waals surface area contributed by atoms with Gasteiger partial charge in [-0.05, 0) is 35.7 Å². The Labute approximate surface area is 139 Å². The average Bonchev–Trinajstić information content (AvgIpc) is 2.85. The van der Waals surface area contributed by atoms with Crippen LogP contribution in [-0.4, -0.2) is 17.0 Å². The van der Waals surface area contributed by atoms with Crippen LogP contribution in [0.5, 0.6) is 0 Å². The number of carbonyl (C=O) groups excluding carboxylic acids is 1. The molecule has 1 aliphatic rings. The Balaban J connectivity index is 1.94. The molecule has 118 valence electrons. The number of halogens is 1. The quantitative estimate of drug-likeness (QED) is 0.919. The first-order valence-corrected chi connectivity index (χ1v) is 7.82. The van der Waals surface area contributed by atoms with E-state index in [4.69, 9.17) is 11.6 Å². The Morgan fingerprint density at radius 3 is 2.65 bits per heavy atom. The highest BCUT2D eigenvalue weighted by atomic mass is 35.5. The van der Waals surface area contributed by atoms with E-state index >= 15 is 0 Å². The molecule has 2 aromatic carbocycles. The van der Waals surface area contributed by atoms with Crippen molar-refractivity contribution in [1.82, 2.24) is 0 Å². The summed E-state index contributed by atoms with van der Waals surface area (Å²) in [4.78, 5) is 25.4. The maximum Gasteiger partial charge on any atom is 0.310 e. The van der Waals surface area contributed by atoms with Gasteiger partial charge in [-0.1, -0.05) is 42.8 Å². The van der Waals surface area contributed by atoms with Crippen molar-refractivity contribution in [2.24, 2.45) is 0 Å². The number of amides is 1. The third-order valence-electron chi connectivity index (χ3n) is 4.19. The number of hydrogen-bond donors (Lipinski definition) is 1. The molecule has 1 aliphatic heterocycles. The van der Waals surface area contributed by atoms with Crippen LogP contribution in [0, 0.1) is 0 Å². The summed E-state index contributed by atoms with van der Waals surface area (Å²) in [5.41, 5.74) is 2.91. The van der Waals surface area contributed by atoms with Crippen LogP contribution < -0.4 is 4.90 Å². The first kappa shape index (κ1) is 15.6. The van der Waals surface area contributed by atoms with E-state index in [1.165, 1.54) is 0 Å². The Bertz CT molecular complexity index is 788. The highest BCUT2D eigenvalue weighted by molar-refractivity contribution is 6.34. The molecule has 2 aromatic rings. The van der Waals surface area contributed by atoms with Crippen LogP contribution in [0.1, 0.15) is 40.7 Å². The van der Waals surface area contributed by atoms with E-state index in [1.54, 1.807) is 29.2 Å². The SMILES string of the molecule is CCC(C(=O)O)c1ccc(N2Cc3ccccc3C2=O)c(Cl)c1. The number of anilines is 1. The van der Waals surface area contributed by atoms with Crippen molar-refractivity contribution in [2.45, 2.75) is 25.8 Å². The fraction of sp³-hybridized carbons (Fsp3) is 0.222. The molecule has 1 atom stereocenters. The minimum Gasteiger partial charge on any atom is -0.481 e. The van der Waals surface area contributed by atoms with Gasteiger partial charge in [0.15, 0.2) is 0 Å². The summed E-state index contributed by atoms with van der Waals surface area (Å²) in [5.74, 6) is -1.55. The van der Waals surface area contributed by atoms with Crippen molar-refractivity contribution >= 4 is 29.2 Å². The second-order valence-corrected chi connectivity index (χ2v) is 5.97. The zero-order chi connectivity index (χ0) is 16.6. The van der Waals surface area contributed by atoms with E-state index in [0.29, 0.717) is 34.8 Å². The third kappa shape index (κ3) is 2.70. The van der Waals surface area contributed by atoms with Crippen LogP contribution in [0.2, 0.25) is 5.02 Å². The first-order valence-electron chi connectivity index (χ1n) is 7.45. The van der Waals surface area contributed by atoms with Gasteiger partial charge < -0.3 is 10.0 Å². The van der Waals surface area contributed by atoms with Crippen LogP contribution >= 0.6 is 11.6 Å². The normalized spacial score (nSPS) is 14.7. The minimum atomic E-state index is -0.874. The number of benzene rings is 2. The zero-order valence-corrected chi connectivity index (χ0v) is 13.4. The Morgan fingerprint density at radius 1 is 1.30 bits per heavy atom. The first-order chi connectivity index (χ1) is 11.0. The van der Waals surface area contributed by atoms with E-state index < -0.39 is 11.9 Å². The lowest BCUT2D eigenvalue weighted by atomic mass is 9.96. The second kappa shape index (κ2) is 6.05. The Morgan fingerprint density at radius 2 is 2.04 bits per heavy atom. The van der Waals surface area contributed by atoms with Gasteiger partial charge in [0.1, 0.15) is 0 Å². The van der Waals surface area contributed by atoms with Gasteiger partial charge >= 0.3 is 5.97 Å². The second-order valence-electron chi connectivity index (χ2n) is 5.56. The lowest BCUT2D eigenvalue weighted by Crippen LogP contribution is -2.23. The van der Waals surface area contributed by atoms with Gasteiger partial charge in [0.25, 0.3) is 5.91 Å². The van der Waals surface area contributed by atoms with Crippen molar-refractivity contribution in [3.05, 3.63) is 64.2 Å². The van der Waals surface area contributed by atoms with Crippen molar-refractivity contribution < 1.29 is 14.7 Å². The molecule has 3 rings (SSSR count). The number of carbonyl (C=O) groups is 2. The van der Waals surface area contributed by atoms with Crippen LogP contribution in [-0.2, 0) is 11.3 Å². The molecule has 23 heavy (non-hydrogen) atoms. The lowest BCUT2D eigenvalue weighted by Gasteiger charge is -2.19. The molecule has 0 bridgehead atoms. The molecule has 5 heteroatoms. The zero-order valence-electron chi connectivity index (χ0n) is 12.6. The number of fused-ring (bicyclic) bond motifs is 1. The van der Waals surface area contributed by atoms with Gasteiger partial charge in [-0.25, -0.2) is 0 Å². The van der Waals surface area contributed by atoms with Gasteiger partial charge in [0, 0.05) is 5.56 Å². The van der Waals surface area contributed by atoms with Crippen LogP contribution in [0.15, 0.2) is 42.5 Å². The van der Waals surface area contributed by atoms with Gasteiger partial charge in [-0.15, -0.1) is 0 Å². The molecule has 0 aromatic heterocycles. The number of rotatable bonds is 4. The molecule has 1 amide bonds. The largest absolute Gasteiger partial charge is 0.481 e. The number of nitrogens with zero attached hydrogens (tertiary/aromatic N) is 1. The van der Waals surface area contributed by atoms with E-state index in [0.717, 1.165) is 5.56 Å². The highest BCUT2D eigenvalue weighted by Gasteiger charge is 2.29. The highest BCUT2D eigenvalue weighted by Crippen LogP contribution is 2.35. The Kier molecular flexibility index (Phi) is 4.09. The number of carboxylic acids is 1. The summed E-state index contributed by atoms with van der Waals surface area (Å²) in [5, 5.41) is 9.64. The third-order valence-corrected chi connectivity index (χ3v) is 4.50. The predicted molar refractivity (Wildman–Crippen MR) is 89.1 cm³/mol. The van der Waals surface area contributed by atoms with Crippen molar-refractivity contribution in [3.63, 3.8) is 0 Å². The minimum absolute atomic E-state index is 0.0828. The summed E-state index contributed by atoms with van der Waals surface area (Å²) in [7, 11) is 0. The van der Waals surface area contributed by atoms with Crippen LogP contribution in [0.3, 0.4) is 0 Å². The topological polar surface area (TPSA) is 57.6 Å². The summed E-state index contributed by atoms with van der Waals surface area (Å²) >= 11 is 6.34. The molecule has 0 saturated heterocycles. The molecular formula is C18H16ClNO3. The molecule has 0 aliphatic carbocycles. The Hall–Kier alpha value is -2.33. The molecule has 0 radical (unpaired) electrons. The number of carboxylic acid groups (broad SMARTS) is 1. The van der Waals surface area contributed by atoms with E-state index in [1.807, 2.05) is 25.1 Å². The monoisotopic (exact) mass is 329 g/mol. The fourth-order valence-corrected chi connectivity index (χ4v) is 3.25. The molecule has 4 nitrogen and oxygen atoms in total. The summed E-state index contributed by atoms with van der Waals surface area (Å²) in [6, 6.07) is 12.6. The molecule has 0 spiro atoms. The molecule has 1 N–H and O–H groups in total. The predicted octanol–water partition coefficient (Wildman–Crippen LogP) is 4.08. The summed E-state index contributed by atoms with van der Waals surface area (Å²) in [6.07, 6.45) is 0.485. The fourth-order valence-electron chi connectivity index (χ4n) is 2.96. The van der Waals surface area contributed by atoms with E-state index in [2.05, 4.69) is 0 Å². The number of aliphatic carboxylic acids is 1. The molecule has 1 heterocycles. The summed E-state index contributed by atoms with van der Waals surface area (Å²) < 4.78 is 0. The summed E-state index contributed by atoms with van der Waals surface area (Å²) in [6.45, 7) is 2.30. The van der Waals surface area contributed by atoms with Crippen LogP contribution in [0.25, 0.3) is 0 Å². The van der Waals surface area contributed by atoms with E-state index in [9.17, 15) is 14.7 Å². The standard InChI is InChI=1S/C18H16ClNO3/c1-2-13(18(22)23)11-7-8-16(15(19)9-11)20-10-12-5-3-4-6-14(12)17(20)21/h3-9,13H,2,10H2,1H3,(H,22,23). The van der Waals surface area contributed by atoms with Crippen molar-refractivity contribution in [2.75, 3.05) is 4.90 Å². The number of hydrogen-bond acceptors (Lipinski definition) is 2. The molecule has 0 saturated carbocycles. The van der Waals surface area contributed by atoms with Gasteiger partial charge in [0.05, 0.1) is 23.2 Å². The molecule has 0 fully saturated rings. The van der Waals surface area contributed by atoms with Crippen LogP contribution in [0.4, 0.5) is 5.69 Å². The maximum atomic E-state index is 12.5.